The minimum Gasteiger partial charge on any atom is -0.494 e. The lowest BCUT2D eigenvalue weighted by Gasteiger charge is -2.49. The van der Waals surface area contributed by atoms with E-state index in [4.69, 9.17) is 9.47 Å². The van der Waals surface area contributed by atoms with Crippen molar-refractivity contribution >= 4 is 11.7 Å². The number of carbonyl (C=O) groups is 1. The first-order valence-electron chi connectivity index (χ1n) is 9.31. The lowest BCUT2D eigenvalue weighted by molar-refractivity contribution is -0.0449. The Morgan fingerprint density at radius 1 is 1.27 bits per heavy atom. The molecule has 0 atom stereocenters. The predicted molar refractivity (Wildman–Crippen MR) is 98.2 cm³/mol. The summed E-state index contributed by atoms with van der Waals surface area (Å²) < 4.78 is 24.7. The number of likely N-dealkylation sites (tertiary alicyclic amines) is 1. The van der Waals surface area contributed by atoms with Gasteiger partial charge in [0.25, 0.3) is 0 Å². The molecule has 3 rings (SSSR count). The van der Waals surface area contributed by atoms with Gasteiger partial charge >= 0.3 is 6.03 Å². The van der Waals surface area contributed by atoms with E-state index >= 15 is 0 Å². The molecule has 6 nitrogen and oxygen atoms in total. The van der Waals surface area contributed by atoms with Crippen molar-refractivity contribution in [1.29, 1.82) is 0 Å². The summed E-state index contributed by atoms with van der Waals surface area (Å²) in [6.07, 6.45) is 2.90. The number of rotatable bonds is 4. The van der Waals surface area contributed by atoms with Crippen LogP contribution >= 0.6 is 0 Å². The maximum Gasteiger partial charge on any atom is 0.322 e. The molecule has 2 aliphatic heterocycles. The number of ether oxygens (including phenoxy) is 2. The molecule has 2 fully saturated rings. The molecule has 0 aliphatic carbocycles. The van der Waals surface area contributed by atoms with Crippen molar-refractivity contribution in [1.82, 2.24) is 9.80 Å². The number of urea groups is 1. The van der Waals surface area contributed by atoms with Crippen LogP contribution in [0.25, 0.3) is 0 Å². The van der Waals surface area contributed by atoms with Crippen LogP contribution in [0, 0.1) is 5.82 Å². The number of morpholine rings is 1. The van der Waals surface area contributed by atoms with Gasteiger partial charge in [-0.05, 0) is 31.4 Å². The number of anilines is 1. The van der Waals surface area contributed by atoms with E-state index in [1.165, 1.54) is 13.2 Å². The smallest absolute Gasteiger partial charge is 0.322 e. The van der Waals surface area contributed by atoms with Crippen molar-refractivity contribution in [2.75, 3.05) is 51.8 Å². The van der Waals surface area contributed by atoms with Crippen LogP contribution < -0.4 is 10.1 Å². The maximum absolute atomic E-state index is 14.1. The topological polar surface area (TPSA) is 54.0 Å². The molecular formula is C19H28FN3O3. The Balaban J connectivity index is 1.63. The molecule has 7 heteroatoms. The van der Waals surface area contributed by atoms with Gasteiger partial charge in [-0.3, -0.25) is 4.90 Å². The first-order valence-corrected chi connectivity index (χ1v) is 9.31. The molecule has 0 spiro atoms. The Morgan fingerprint density at radius 3 is 2.58 bits per heavy atom. The number of para-hydroxylation sites is 1. The van der Waals surface area contributed by atoms with Crippen LogP contribution in [0.3, 0.4) is 0 Å². The third-order valence-electron chi connectivity index (χ3n) is 5.75. The Labute approximate surface area is 154 Å². The third kappa shape index (κ3) is 3.78. The second-order valence-electron chi connectivity index (χ2n) is 6.91. The highest BCUT2D eigenvalue weighted by molar-refractivity contribution is 5.91. The summed E-state index contributed by atoms with van der Waals surface area (Å²) in [6.45, 7) is 6.99. The van der Waals surface area contributed by atoms with Gasteiger partial charge in [0.2, 0.25) is 0 Å². The number of carbonyl (C=O) groups excluding carboxylic acids is 1. The molecule has 2 aliphatic rings. The molecule has 0 radical (unpaired) electrons. The quantitative estimate of drug-likeness (QED) is 0.891. The standard InChI is InChI=1S/C19H28FN3O3/c1-3-19(23-11-13-26-14-12-23)7-9-22(10-8-19)18(24)21-17-15(20)5-4-6-16(17)25-2/h4-6H,3,7-14H2,1-2H3,(H,21,24). The number of amides is 2. The number of hydrogen-bond acceptors (Lipinski definition) is 4. The second kappa shape index (κ2) is 8.22. The average Bonchev–Trinajstić information content (AvgIpc) is 2.70. The molecule has 2 heterocycles. The third-order valence-corrected chi connectivity index (χ3v) is 5.75. The van der Waals surface area contributed by atoms with Crippen LogP contribution in [-0.4, -0.2) is 67.9 Å². The zero-order valence-electron chi connectivity index (χ0n) is 15.6. The number of hydrogen-bond donors (Lipinski definition) is 1. The van der Waals surface area contributed by atoms with Gasteiger partial charge in [0.05, 0.1) is 20.3 Å². The van der Waals surface area contributed by atoms with Crippen LogP contribution in [0.4, 0.5) is 14.9 Å². The monoisotopic (exact) mass is 365 g/mol. The van der Waals surface area contributed by atoms with Crippen LogP contribution in [0.5, 0.6) is 5.75 Å². The van der Waals surface area contributed by atoms with E-state index in [-0.39, 0.29) is 17.3 Å². The normalized spacial score (nSPS) is 20.7. The Bertz CT molecular complexity index is 626. The summed E-state index contributed by atoms with van der Waals surface area (Å²) in [5.74, 6) is -0.169. The van der Waals surface area contributed by atoms with Gasteiger partial charge in [0, 0.05) is 31.7 Å². The fourth-order valence-electron chi connectivity index (χ4n) is 4.04. The van der Waals surface area contributed by atoms with E-state index in [9.17, 15) is 9.18 Å². The van der Waals surface area contributed by atoms with E-state index in [2.05, 4.69) is 17.1 Å². The lowest BCUT2D eigenvalue weighted by atomic mass is 9.83. The number of nitrogens with zero attached hydrogens (tertiary/aromatic N) is 2. The van der Waals surface area contributed by atoms with Gasteiger partial charge in [-0.15, -0.1) is 0 Å². The largest absolute Gasteiger partial charge is 0.494 e. The number of halogens is 1. The molecule has 1 aromatic carbocycles. The molecule has 1 aromatic rings. The van der Waals surface area contributed by atoms with Gasteiger partial charge in [-0.25, -0.2) is 9.18 Å². The Hall–Kier alpha value is -1.86. The summed E-state index contributed by atoms with van der Waals surface area (Å²) in [7, 11) is 1.46. The van der Waals surface area contributed by atoms with E-state index in [0.29, 0.717) is 18.8 Å². The SMILES string of the molecule is CCC1(N2CCOCC2)CCN(C(=O)Nc2c(F)cccc2OC)CC1. The van der Waals surface area contributed by atoms with Crippen molar-refractivity contribution in [2.24, 2.45) is 0 Å². The highest BCUT2D eigenvalue weighted by Gasteiger charge is 2.40. The minimum atomic E-state index is -0.495. The zero-order valence-corrected chi connectivity index (χ0v) is 15.6. The van der Waals surface area contributed by atoms with Gasteiger partial charge in [0.1, 0.15) is 11.4 Å². The van der Waals surface area contributed by atoms with Gasteiger partial charge in [-0.2, -0.15) is 0 Å². The molecule has 2 saturated heterocycles. The Morgan fingerprint density at radius 2 is 1.96 bits per heavy atom. The second-order valence-corrected chi connectivity index (χ2v) is 6.91. The van der Waals surface area contributed by atoms with Gasteiger partial charge < -0.3 is 19.7 Å². The highest BCUT2D eigenvalue weighted by Crippen LogP contribution is 2.33. The molecule has 144 valence electrons. The lowest BCUT2D eigenvalue weighted by Crippen LogP contribution is -2.59. The van der Waals surface area contributed by atoms with Gasteiger partial charge in [-0.1, -0.05) is 13.0 Å². The van der Waals surface area contributed by atoms with Crippen LogP contribution in [0.1, 0.15) is 26.2 Å². The van der Waals surface area contributed by atoms with Crippen LogP contribution in [0.15, 0.2) is 18.2 Å². The van der Waals surface area contributed by atoms with Crippen molar-refractivity contribution in [2.45, 2.75) is 31.7 Å². The number of methoxy groups -OCH3 is 1. The fourth-order valence-corrected chi connectivity index (χ4v) is 4.04. The molecule has 1 N–H and O–H groups in total. The average molecular weight is 365 g/mol. The highest BCUT2D eigenvalue weighted by atomic mass is 19.1. The first-order chi connectivity index (χ1) is 12.6. The number of piperidine rings is 1. The van der Waals surface area contributed by atoms with E-state index < -0.39 is 5.82 Å². The van der Waals surface area contributed by atoms with Crippen molar-refractivity contribution < 1.29 is 18.7 Å². The van der Waals surface area contributed by atoms with E-state index in [1.807, 2.05) is 0 Å². The summed E-state index contributed by atoms with van der Waals surface area (Å²) in [4.78, 5) is 16.9. The molecule has 0 bridgehead atoms. The van der Waals surface area contributed by atoms with E-state index in [1.54, 1.807) is 17.0 Å². The van der Waals surface area contributed by atoms with Crippen molar-refractivity contribution in [3.63, 3.8) is 0 Å². The maximum atomic E-state index is 14.1. The van der Waals surface area contributed by atoms with Crippen molar-refractivity contribution in [3.05, 3.63) is 24.0 Å². The predicted octanol–water partition coefficient (Wildman–Crippen LogP) is 2.94. The molecule has 26 heavy (non-hydrogen) atoms. The summed E-state index contributed by atoms with van der Waals surface area (Å²) in [6, 6.07) is 4.23. The van der Waals surface area contributed by atoms with Crippen LogP contribution in [-0.2, 0) is 4.74 Å². The summed E-state index contributed by atoms with van der Waals surface area (Å²) in [5, 5.41) is 2.68. The fraction of sp³-hybridized carbons (Fsp3) is 0.632. The van der Waals surface area contributed by atoms with Crippen LogP contribution in [0.2, 0.25) is 0 Å². The molecular weight excluding hydrogens is 337 g/mol. The Kier molecular flexibility index (Phi) is 5.98. The van der Waals surface area contributed by atoms with Crippen molar-refractivity contribution in [3.8, 4) is 5.75 Å². The zero-order chi connectivity index (χ0) is 18.6. The molecule has 2 amide bonds. The molecule has 0 unspecified atom stereocenters. The number of nitrogens with one attached hydrogen (secondary N) is 1. The first kappa shape index (κ1) is 18.9. The summed E-state index contributed by atoms with van der Waals surface area (Å²) >= 11 is 0. The van der Waals surface area contributed by atoms with Gasteiger partial charge in [0.15, 0.2) is 5.82 Å². The molecule has 0 saturated carbocycles. The molecule has 0 aromatic heterocycles. The van der Waals surface area contributed by atoms with E-state index in [0.717, 1.165) is 45.6 Å². The number of benzene rings is 1. The summed E-state index contributed by atoms with van der Waals surface area (Å²) in [5.41, 5.74) is 0.233. The minimum absolute atomic E-state index is 0.0977.